The molecule has 0 aromatic rings. The molecule has 1 atom stereocenters. The van der Waals surface area contributed by atoms with Crippen LogP contribution in [0.25, 0.3) is 0 Å². The molecule has 1 saturated carbocycles. The van der Waals surface area contributed by atoms with Gasteiger partial charge in [0, 0.05) is 12.3 Å². The quantitative estimate of drug-likeness (QED) is 0.389. The van der Waals surface area contributed by atoms with Crippen molar-refractivity contribution in [3.8, 4) is 0 Å². The molecule has 0 bridgehead atoms. The molecule has 0 aromatic carbocycles. The Balaban J connectivity index is 2.09. The summed E-state index contributed by atoms with van der Waals surface area (Å²) in [5.41, 5.74) is 0. The molecule has 6 heteroatoms. The maximum Gasteiger partial charge on any atom is 0.319 e. The highest BCUT2D eigenvalue weighted by molar-refractivity contribution is 8.69. The van der Waals surface area contributed by atoms with Gasteiger partial charge in [0.25, 0.3) is 0 Å². The monoisotopic (exact) mass is 309 g/mol. The van der Waals surface area contributed by atoms with Gasteiger partial charge in [0.1, 0.15) is 0 Å². The van der Waals surface area contributed by atoms with E-state index in [1.807, 2.05) is 0 Å². The lowest BCUT2D eigenvalue weighted by Crippen LogP contribution is -2.25. The second kappa shape index (κ2) is 9.21. The lowest BCUT2D eigenvalue weighted by molar-refractivity contribution is 0.229. The van der Waals surface area contributed by atoms with E-state index in [9.17, 15) is 8.42 Å². The van der Waals surface area contributed by atoms with Crippen LogP contribution in [0.1, 0.15) is 51.9 Å². The van der Waals surface area contributed by atoms with Crippen LogP contribution in [0, 0.1) is 11.8 Å². The Morgan fingerprint density at radius 1 is 1.26 bits per heavy atom. The highest BCUT2D eigenvalue weighted by Gasteiger charge is 2.21. The predicted octanol–water partition coefficient (Wildman–Crippen LogP) is 3.11. The third-order valence-corrected chi connectivity index (χ3v) is 6.11. The standard InChI is InChI=1S/C13H27NO3S2/c1-2-12(13-6-4-3-5-7-13)8-9-14-10-11-18-19(15,16)17/h12-14H,2-11H2,1H3,(H,15,16,17). The van der Waals surface area contributed by atoms with Crippen LogP contribution in [-0.2, 0) is 9.15 Å². The van der Waals surface area contributed by atoms with Crippen molar-refractivity contribution in [1.82, 2.24) is 5.32 Å². The van der Waals surface area contributed by atoms with E-state index in [0.29, 0.717) is 23.1 Å². The highest BCUT2D eigenvalue weighted by atomic mass is 33.1. The minimum atomic E-state index is -3.87. The van der Waals surface area contributed by atoms with Gasteiger partial charge >= 0.3 is 9.15 Å². The summed E-state index contributed by atoms with van der Waals surface area (Å²) in [7, 11) is -3.28. The van der Waals surface area contributed by atoms with E-state index in [-0.39, 0.29) is 0 Å². The molecule has 114 valence electrons. The summed E-state index contributed by atoms with van der Waals surface area (Å²) in [6.45, 7) is 3.85. The van der Waals surface area contributed by atoms with Crippen molar-refractivity contribution in [3.63, 3.8) is 0 Å². The molecular formula is C13H27NO3S2. The van der Waals surface area contributed by atoms with Crippen molar-refractivity contribution < 1.29 is 13.0 Å². The Morgan fingerprint density at radius 3 is 2.53 bits per heavy atom. The Labute approximate surface area is 121 Å². The van der Waals surface area contributed by atoms with Crippen molar-refractivity contribution in [1.29, 1.82) is 0 Å². The number of rotatable bonds is 9. The summed E-state index contributed by atoms with van der Waals surface area (Å²) in [6.07, 6.45) is 9.37. The molecule has 0 radical (unpaired) electrons. The van der Waals surface area contributed by atoms with Gasteiger partial charge in [-0.3, -0.25) is 4.55 Å². The van der Waals surface area contributed by atoms with Crippen molar-refractivity contribution in [2.45, 2.75) is 51.9 Å². The highest BCUT2D eigenvalue weighted by Crippen LogP contribution is 2.33. The first kappa shape index (κ1) is 17.3. The fourth-order valence-electron chi connectivity index (χ4n) is 3.01. The van der Waals surface area contributed by atoms with Gasteiger partial charge in [0.2, 0.25) is 0 Å². The van der Waals surface area contributed by atoms with Crippen LogP contribution in [0.2, 0.25) is 0 Å². The maximum atomic E-state index is 10.5. The largest absolute Gasteiger partial charge is 0.319 e. The van der Waals surface area contributed by atoms with Gasteiger partial charge < -0.3 is 5.32 Å². The van der Waals surface area contributed by atoms with E-state index < -0.39 is 9.15 Å². The fourth-order valence-corrected chi connectivity index (χ4v) is 4.33. The average molecular weight is 309 g/mol. The van der Waals surface area contributed by atoms with E-state index in [1.165, 1.54) is 44.9 Å². The zero-order valence-corrected chi connectivity index (χ0v) is 13.4. The van der Waals surface area contributed by atoms with Crippen molar-refractivity contribution >= 4 is 19.9 Å². The number of nitrogens with one attached hydrogen (secondary N) is 1. The Morgan fingerprint density at radius 2 is 1.95 bits per heavy atom. The smallest absolute Gasteiger partial charge is 0.316 e. The average Bonchev–Trinajstić information content (AvgIpc) is 2.38. The Bertz CT molecular complexity index is 327. The van der Waals surface area contributed by atoms with E-state index in [4.69, 9.17) is 4.55 Å². The molecular weight excluding hydrogens is 282 g/mol. The van der Waals surface area contributed by atoms with E-state index in [2.05, 4.69) is 12.2 Å². The van der Waals surface area contributed by atoms with Crippen molar-refractivity contribution in [2.24, 2.45) is 11.8 Å². The summed E-state index contributed by atoms with van der Waals surface area (Å²) >= 11 is 0. The van der Waals surface area contributed by atoms with Crippen LogP contribution in [-0.4, -0.2) is 31.8 Å². The molecule has 0 amide bonds. The van der Waals surface area contributed by atoms with Gasteiger partial charge in [-0.15, -0.1) is 0 Å². The first-order valence-corrected chi connectivity index (χ1v) is 10.3. The molecule has 0 heterocycles. The second-order valence-electron chi connectivity index (χ2n) is 5.35. The lowest BCUT2D eigenvalue weighted by atomic mass is 9.77. The van der Waals surface area contributed by atoms with E-state index >= 15 is 0 Å². The van der Waals surface area contributed by atoms with Crippen LogP contribution < -0.4 is 5.32 Å². The Hall–Kier alpha value is 0.220. The Kier molecular flexibility index (Phi) is 8.37. The molecule has 1 aliphatic carbocycles. The van der Waals surface area contributed by atoms with Crippen LogP contribution in [0.5, 0.6) is 0 Å². The summed E-state index contributed by atoms with van der Waals surface area (Å²) < 4.78 is 29.6. The normalized spacial score (nSPS) is 19.5. The number of hydrogen-bond acceptors (Lipinski definition) is 4. The molecule has 2 N–H and O–H groups in total. The van der Waals surface area contributed by atoms with Gasteiger partial charge in [-0.05, 0) is 35.6 Å². The molecule has 0 spiro atoms. The molecule has 1 aliphatic rings. The van der Waals surface area contributed by atoms with Gasteiger partial charge in [-0.25, -0.2) is 0 Å². The summed E-state index contributed by atoms with van der Waals surface area (Å²) in [4.78, 5) is 0. The molecule has 1 fully saturated rings. The van der Waals surface area contributed by atoms with Crippen molar-refractivity contribution in [2.75, 3.05) is 18.8 Å². The van der Waals surface area contributed by atoms with Gasteiger partial charge in [0.05, 0.1) is 0 Å². The molecule has 0 aliphatic heterocycles. The van der Waals surface area contributed by atoms with Gasteiger partial charge in [-0.2, -0.15) is 8.42 Å². The first-order valence-electron chi connectivity index (χ1n) is 7.35. The lowest BCUT2D eigenvalue weighted by Gasteiger charge is -2.29. The third-order valence-electron chi connectivity index (χ3n) is 4.04. The molecule has 1 rings (SSSR count). The summed E-state index contributed by atoms with van der Waals surface area (Å²) in [5, 5.41) is 3.27. The summed E-state index contributed by atoms with van der Waals surface area (Å²) in [6, 6.07) is 0. The van der Waals surface area contributed by atoms with Crippen LogP contribution in [0.15, 0.2) is 0 Å². The van der Waals surface area contributed by atoms with Crippen LogP contribution >= 0.6 is 10.8 Å². The molecule has 0 saturated heterocycles. The zero-order valence-electron chi connectivity index (χ0n) is 11.8. The molecule has 4 nitrogen and oxygen atoms in total. The van der Waals surface area contributed by atoms with E-state index in [1.54, 1.807) is 0 Å². The second-order valence-corrected chi connectivity index (χ2v) is 8.83. The topological polar surface area (TPSA) is 66.4 Å². The minimum absolute atomic E-state index is 0.402. The molecule has 1 unspecified atom stereocenters. The maximum absolute atomic E-state index is 10.5. The summed E-state index contributed by atoms with van der Waals surface area (Å²) in [5.74, 6) is 2.11. The molecule has 19 heavy (non-hydrogen) atoms. The first-order chi connectivity index (χ1) is 9.03. The predicted molar refractivity (Wildman–Crippen MR) is 81.8 cm³/mol. The molecule has 0 aromatic heterocycles. The SMILES string of the molecule is CCC(CCNCCSS(=O)(=O)O)C1CCCCC1. The van der Waals surface area contributed by atoms with Crippen LogP contribution in [0.3, 0.4) is 0 Å². The van der Waals surface area contributed by atoms with Crippen molar-refractivity contribution in [3.05, 3.63) is 0 Å². The van der Waals surface area contributed by atoms with Gasteiger partial charge in [0.15, 0.2) is 0 Å². The van der Waals surface area contributed by atoms with Crippen LogP contribution in [0.4, 0.5) is 0 Å². The third kappa shape index (κ3) is 8.17. The van der Waals surface area contributed by atoms with E-state index in [0.717, 1.165) is 18.4 Å². The number of hydrogen-bond donors (Lipinski definition) is 2. The minimum Gasteiger partial charge on any atom is -0.316 e. The van der Waals surface area contributed by atoms with Gasteiger partial charge in [-0.1, -0.05) is 45.4 Å². The fraction of sp³-hybridized carbons (Fsp3) is 1.00. The zero-order chi connectivity index (χ0) is 14.1.